The SMILES string of the molecule is CCOC(=O)C1=C(c2ccccc2)N=c2s/c(=C\c3ccccc3OC)c(=O)n2C1c1ccc2c(c1)OCO2. The topological polar surface area (TPSA) is 88.4 Å². The fourth-order valence-electron chi connectivity index (χ4n) is 4.77. The monoisotopic (exact) mass is 540 g/mol. The number of carbonyl (C=O) groups is 1. The van der Waals surface area contributed by atoms with E-state index in [0.717, 1.165) is 11.1 Å². The molecule has 0 N–H and O–H groups in total. The third kappa shape index (κ3) is 4.40. The molecule has 1 atom stereocenters. The normalized spacial score (nSPS) is 16.1. The van der Waals surface area contributed by atoms with E-state index >= 15 is 0 Å². The summed E-state index contributed by atoms with van der Waals surface area (Å²) < 4.78 is 24.2. The van der Waals surface area contributed by atoms with Crippen LogP contribution in [-0.2, 0) is 9.53 Å². The Morgan fingerprint density at radius 2 is 1.85 bits per heavy atom. The van der Waals surface area contributed by atoms with Crippen LogP contribution in [0.1, 0.15) is 29.7 Å². The largest absolute Gasteiger partial charge is 0.496 e. The summed E-state index contributed by atoms with van der Waals surface area (Å²) in [6.45, 7) is 2.03. The van der Waals surface area contributed by atoms with Gasteiger partial charge in [-0.25, -0.2) is 9.79 Å². The summed E-state index contributed by atoms with van der Waals surface area (Å²) in [5, 5.41) is 0. The molecule has 0 radical (unpaired) electrons. The number of rotatable bonds is 6. The molecule has 6 rings (SSSR count). The molecule has 0 spiro atoms. The molecule has 0 fully saturated rings. The van der Waals surface area contributed by atoms with Gasteiger partial charge >= 0.3 is 5.97 Å². The van der Waals surface area contributed by atoms with Gasteiger partial charge in [-0.3, -0.25) is 9.36 Å². The zero-order chi connectivity index (χ0) is 26.9. The molecule has 9 heteroatoms. The number of ether oxygens (including phenoxy) is 4. The molecule has 2 aliphatic rings. The fraction of sp³-hybridized carbons (Fsp3) is 0.167. The molecule has 3 aromatic carbocycles. The van der Waals surface area contributed by atoms with E-state index in [2.05, 4.69) is 0 Å². The standard InChI is InChI=1S/C30H24N2O6S/c1-3-36-29(34)25-26(18-9-5-4-6-10-18)31-30-32(27(25)20-13-14-22-23(15-20)38-17-37-22)28(33)24(39-30)16-19-11-7-8-12-21(19)35-2/h4-16,27H,3,17H2,1-2H3/b24-16-. The molecule has 0 bridgehead atoms. The van der Waals surface area contributed by atoms with Crippen LogP contribution in [0.15, 0.2) is 88.2 Å². The predicted octanol–water partition coefficient (Wildman–Crippen LogP) is 3.67. The van der Waals surface area contributed by atoms with Crippen LogP contribution in [-0.4, -0.2) is 31.0 Å². The first kappa shape index (κ1) is 24.7. The van der Waals surface area contributed by atoms with Crippen molar-refractivity contribution in [3.05, 3.63) is 115 Å². The number of methoxy groups -OCH3 is 1. The number of nitrogens with zero attached hydrogens (tertiary/aromatic N) is 2. The molecular weight excluding hydrogens is 516 g/mol. The van der Waals surface area contributed by atoms with Crippen LogP contribution in [0.4, 0.5) is 0 Å². The molecule has 1 unspecified atom stereocenters. The van der Waals surface area contributed by atoms with Gasteiger partial charge in [0.25, 0.3) is 5.56 Å². The summed E-state index contributed by atoms with van der Waals surface area (Å²) in [6, 6.07) is 21.5. The molecule has 4 aromatic rings. The lowest BCUT2D eigenvalue weighted by molar-refractivity contribution is -0.138. The zero-order valence-corrected chi connectivity index (χ0v) is 22.1. The number of hydrogen-bond acceptors (Lipinski definition) is 8. The van der Waals surface area contributed by atoms with Gasteiger partial charge in [0, 0.05) is 11.1 Å². The van der Waals surface area contributed by atoms with Crippen molar-refractivity contribution >= 4 is 29.1 Å². The fourth-order valence-corrected chi connectivity index (χ4v) is 5.76. The highest BCUT2D eigenvalue weighted by Crippen LogP contribution is 2.40. The van der Waals surface area contributed by atoms with E-state index in [9.17, 15) is 9.59 Å². The lowest BCUT2D eigenvalue weighted by Crippen LogP contribution is -2.40. The number of para-hydroxylation sites is 1. The number of thiazole rings is 1. The molecule has 3 heterocycles. The summed E-state index contributed by atoms with van der Waals surface area (Å²) in [5.41, 5.74) is 2.64. The third-order valence-electron chi connectivity index (χ3n) is 6.51. The van der Waals surface area contributed by atoms with Gasteiger partial charge in [0.15, 0.2) is 16.3 Å². The number of hydrogen-bond donors (Lipinski definition) is 0. The van der Waals surface area contributed by atoms with Crippen molar-refractivity contribution in [1.82, 2.24) is 4.57 Å². The van der Waals surface area contributed by atoms with Crippen molar-refractivity contribution in [2.75, 3.05) is 20.5 Å². The van der Waals surface area contributed by atoms with Gasteiger partial charge in [0.1, 0.15) is 5.75 Å². The number of carbonyl (C=O) groups excluding carboxylic acids is 1. The first-order valence-electron chi connectivity index (χ1n) is 12.4. The lowest BCUT2D eigenvalue weighted by Gasteiger charge is -2.26. The predicted molar refractivity (Wildman–Crippen MR) is 147 cm³/mol. The molecule has 0 amide bonds. The Bertz CT molecular complexity index is 1790. The minimum absolute atomic E-state index is 0.107. The van der Waals surface area contributed by atoms with Gasteiger partial charge in [0.2, 0.25) is 6.79 Å². The van der Waals surface area contributed by atoms with E-state index in [1.807, 2.05) is 60.7 Å². The van der Waals surface area contributed by atoms with Crippen molar-refractivity contribution < 1.29 is 23.7 Å². The van der Waals surface area contributed by atoms with Crippen LogP contribution in [0.3, 0.4) is 0 Å². The zero-order valence-electron chi connectivity index (χ0n) is 21.2. The van der Waals surface area contributed by atoms with Crippen LogP contribution >= 0.6 is 11.3 Å². The summed E-state index contributed by atoms with van der Waals surface area (Å²) in [4.78, 5) is 32.9. The molecule has 0 saturated heterocycles. The summed E-state index contributed by atoms with van der Waals surface area (Å²) in [7, 11) is 1.59. The van der Waals surface area contributed by atoms with E-state index in [1.54, 1.807) is 36.8 Å². The number of aromatic nitrogens is 1. The van der Waals surface area contributed by atoms with Crippen LogP contribution in [0.25, 0.3) is 11.8 Å². The van der Waals surface area contributed by atoms with Crippen LogP contribution in [0.5, 0.6) is 17.2 Å². The summed E-state index contributed by atoms with van der Waals surface area (Å²) in [6.07, 6.45) is 1.79. The van der Waals surface area contributed by atoms with Crippen LogP contribution in [0, 0.1) is 0 Å². The van der Waals surface area contributed by atoms with Gasteiger partial charge in [-0.15, -0.1) is 0 Å². The Labute approximate surface area is 227 Å². The average Bonchev–Trinajstić information content (AvgIpc) is 3.56. The Morgan fingerprint density at radius 1 is 1.08 bits per heavy atom. The first-order chi connectivity index (χ1) is 19.1. The second-order valence-electron chi connectivity index (χ2n) is 8.79. The number of fused-ring (bicyclic) bond motifs is 2. The highest BCUT2D eigenvalue weighted by Gasteiger charge is 2.36. The highest BCUT2D eigenvalue weighted by atomic mass is 32.1. The molecular formula is C30H24N2O6S. The van der Waals surface area contributed by atoms with E-state index in [1.165, 1.54) is 11.3 Å². The third-order valence-corrected chi connectivity index (χ3v) is 7.49. The summed E-state index contributed by atoms with van der Waals surface area (Å²) >= 11 is 1.26. The molecule has 39 heavy (non-hydrogen) atoms. The maximum Gasteiger partial charge on any atom is 0.338 e. The van der Waals surface area contributed by atoms with Crippen molar-refractivity contribution in [2.24, 2.45) is 4.99 Å². The number of benzene rings is 3. The van der Waals surface area contributed by atoms with Gasteiger partial charge in [-0.1, -0.05) is 65.9 Å². The Balaban J connectivity index is 1.65. The van der Waals surface area contributed by atoms with Crippen LogP contribution in [0.2, 0.25) is 0 Å². The maximum absolute atomic E-state index is 14.0. The molecule has 0 saturated carbocycles. The Kier molecular flexibility index (Phi) is 6.50. The second kappa shape index (κ2) is 10.3. The van der Waals surface area contributed by atoms with Crippen molar-refractivity contribution in [3.8, 4) is 17.2 Å². The molecule has 8 nitrogen and oxygen atoms in total. The molecule has 196 valence electrons. The minimum Gasteiger partial charge on any atom is -0.496 e. The molecule has 0 aliphatic carbocycles. The minimum atomic E-state index is -0.801. The highest BCUT2D eigenvalue weighted by molar-refractivity contribution is 7.07. The number of esters is 1. The van der Waals surface area contributed by atoms with Gasteiger partial charge in [-0.05, 0) is 36.8 Å². The van der Waals surface area contributed by atoms with E-state index in [4.69, 9.17) is 23.9 Å². The van der Waals surface area contributed by atoms with Gasteiger partial charge < -0.3 is 18.9 Å². The first-order valence-corrected chi connectivity index (χ1v) is 13.2. The van der Waals surface area contributed by atoms with E-state index in [-0.39, 0.29) is 24.5 Å². The maximum atomic E-state index is 14.0. The van der Waals surface area contributed by atoms with Crippen LogP contribution < -0.4 is 29.1 Å². The van der Waals surface area contributed by atoms with Crippen molar-refractivity contribution in [1.29, 1.82) is 0 Å². The Morgan fingerprint density at radius 3 is 2.64 bits per heavy atom. The molecule has 1 aromatic heterocycles. The smallest absolute Gasteiger partial charge is 0.338 e. The second-order valence-corrected chi connectivity index (χ2v) is 9.80. The quantitative estimate of drug-likeness (QED) is 0.347. The van der Waals surface area contributed by atoms with E-state index in [0.29, 0.717) is 37.8 Å². The van der Waals surface area contributed by atoms with Gasteiger partial charge in [0.05, 0.1) is 35.6 Å². The van der Waals surface area contributed by atoms with Gasteiger partial charge in [-0.2, -0.15) is 0 Å². The van der Waals surface area contributed by atoms with E-state index < -0.39 is 12.0 Å². The lowest BCUT2D eigenvalue weighted by atomic mass is 9.93. The Hall–Kier alpha value is -4.63. The molecule has 2 aliphatic heterocycles. The average molecular weight is 541 g/mol. The van der Waals surface area contributed by atoms with Crippen molar-refractivity contribution in [3.63, 3.8) is 0 Å². The van der Waals surface area contributed by atoms with Crippen molar-refractivity contribution in [2.45, 2.75) is 13.0 Å². The summed E-state index contributed by atoms with van der Waals surface area (Å²) in [5.74, 6) is 1.26.